The van der Waals surface area contributed by atoms with Crippen molar-refractivity contribution < 1.29 is 9.32 Å². The van der Waals surface area contributed by atoms with E-state index in [-0.39, 0.29) is 5.91 Å². The monoisotopic (exact) mass is 240 g/mol. The second kappa shape index (κ2) is 5.39. The minimum atomic E-state index is 0.00481. The molecular weight excluding hydrogens is 224 g/mol. The third-order valence-electron chi connectivity index (χ3n) is 2.65. The number of carbonyl (C=O) groups is 1. The van der Waals surface area contributed by atoms with Gasteiger partial charge in [0.15, 0.2) is 5.82 Å². The minimum Gasteiger partial charge on any atom is -0.360 e. The van der Waals surface area contributed by atoms with Crippen LogP contribution < -0.4 is 5.32 Å². The lowest BCUT2D eigenvalue weighted by Crippen LogP contribution is -2.15. The van der Waals surface area contributed by atoms with E-state index in [0.29, 0.717) is 22.6 Å². The summed E-state index contributed by atoms with van der Waals surface area (Å²) in [6.07, 6.45) is 5.12. The molecule has 0 aliphatic heterocycles. The van der Waals surface area contributed by atoms with Crippen molar-refractivity contribution >= 4 is 23.5 Å². The van der Waals surface area contributed by atoms with E-state index >= 15 is 0 Å². The first kappa shape index (κ1) is 11.5. The molecule has 0 radical (unpaired) electrons. The van der Waals surface area contributed by atoms with E-state index < -0.39 is 0 Å². The van der Waals surface area contributed by atoms with Crippen LogP contribution >= 0.6 is 11.8 Å². The van der Waals surface area contributed by atoms with Crippen LogP contribution in [0.5, 0.6) is 0 Å². The van der Waals surface area contributed by atoms with Gasteiger partial charge in [0.05, 0.1) is 5.75 Å². The molecule has 1 heterocycles. The average Bonchev–Trinajstić information content (AvgIpc) is 2.87. The molecule has 4 nitrogen and oxygen atoms in total. The van der Waals surface area contributed by atoms with Crippen LogP contribution in [0.15, 0.2) is 10.6 Å². The summed E-state index contributed by atoms with van der Waals surface area (Å²) in [4.78, 5) is 11.6. The molecule has 0 bridgehead atoms. The molecule has 1 N–H and O–H groups in total. The first-order valence-electron chi connectivity index (χ1n) is 5.59. The molecule has 0 unspecified atom stereocenters. The van der Waals surface area contributed by atoms with Gasteiger partial charge in [0.1, 0.15) is 5.76 Å². The van der Waals surface area contributed by atoms with E-state index in [1.807, 2.05) is 0 Å². The number of nitrogens with one attached hydrogen (secondary N) is 1. The van der Waals surface area contributed by atoms with Crippen LogP contribution in [0.25, 0.3) is 0 Å². The Bertz CT molecular complexity index is 359. The number of hydrogen-bond donors (Lipinski definition) is 1. The summed E-state index contributed by atoms with van der Waals surface area (Å²) in [6.45, 7) is 1.80. The Kier molecular flexibility index (Phi) is 3.88. The predicted octanol–water partition coefficient (Wildman–Crippen LogP) is 2.60. The zero-order valence-corrected chi connectivity index (χ0v) is 10.2. The second-order valence-corrected chi connectivity index (χ2v) is 5.38. The second-order valence-electron chi connectivity index (χ2n) is 4.09. The zero-order chi connectivity index (χ0) is 11.4. The molecule has 1 amide bonds. The summed E-state index contributed by atoms with van der Waals surface area (Å²) >= 11 is 1.75. The molecule has 1 aromatic heterocycles. The Balaban J connectivity index is 1.71. The van der Waals surface area contributed by atoms with Gasteiger partial charge in [0.2, 0.25) is 5.91 Å². The van der Waals surface area contributed by atoms with E-state index in [2.05, 4.69) is 10.5 Å². The number of aromatic nitrogens is 1. The smallest absolute Gasteiger partial charge is 0.235 e. The van der Waals surface area contributed by atoms with Crippen molar-refractivity contribution in [2.45, 2.75) is 37.9 Å². The number of anilines is 1. The third kappa shape index (κ3) is 3.27. The molecule has 5 heteroatoms. The highest BCUT2D eigenvalue weighted by atomic mass is 32.2. The van der Waals surface area contributed by atoms with Crippen molar-refractivity contribution in [3.63, 3.8) is 0 Å². The number of amides is 1. The minimum absolute atomic E-state index is 0.00481. The fourth-order valence-electron chi connectivity index (χ4n) is 1.85. The van der Waals surface area contributed by atoms with Crippen molar-refractivity contribution in [1.82, 2.24) is 5.16 Å². The number of aryl methyl sites for hydroxylation is 1. The molecule has 1 saturated carbocycles. The number of nitrogens with zero attached hydrogens (tertiary/aromatic N) is 1. The molecule has 0 spiro atoms. The van der Waals surface area contributed by atoms with Crippen LogP contribution in [0, 0.1) is 6.92 Å². The molecule has 1 fully saturated rings. The maximum atomic E-state index is 11.6. The van der Waals surface area contributed by atoms with Crippen molar-refractivity contribution in [1.29, 1.82) is 0 Å². The Labute approximate surface area is 99.1 Å². The molecule has 88 valence electrons. The van der Waals surface area contributed by atoms with Crippen molar-refractivity contribution in [2.24, 2.45) is 0 Å². The summed E-state index contributed by atoms with van der Waals surface area (Å²) in [5.74, 6) is 1.73. The van der Waals surface area contributed by atoms with Gasteiger partial charge in [-0.2, -0.15) is 0 Å². The molecule has 2 rings (SSSR count). The van der Waals surface area contributed by atoms with Crippen LogP contribution in [0.4, 0.5) is 5.82 Å². The van der Waals surface area contributed by atoms with Crippen LogP contribution in [0.1, 0.15) is 31.4 Å². The van der Waals surface area contributed by atoms with Gasteiger partial charge in [0.25, 0.3) is 0 Å². The van der Waals surface area contributed by atoms with Gasteiger partial charge in [-0.15, -0.1) is 11.8 Å². The standard InChI is InChI=1S/C11H16N2O2S/c1-8-6-10(13-15-8)12-11(14)7-16-9-4-2-3-5-9/h6,9H,2-5,7H2,1H3,(H,12,13,14). The summed E-state index contributed by atoms with van der Waals surface area (Å²) in [6, 6.07) is 1.72. The van der Waals surface area contributed by atoms with E-state index in [1.165, 1.54) is 25.7 Å². The lowest BCUT2D eigenvalue weighted by atomic mass is 10.4. The normalized spacial score (nSPS) is 16.6. The van der Waals surface area contributed by atoms with Crippen molar-refractivity contribution in [2.75, 3.05) is 11.1 Å². The Morgan fingerprint density at radius 2 is 2.38 bits per heavy atom. The molecule has 0 saturated heterocycles. The highest BCUT2D eigenvalue weighted by Gasteiger charge is 2.16. The van der Waals surface area contributed by atoms with Crippen molar-refractivity contribution in [3.05, 3.63) is 11.8 Å². The number of rotatable bonds is 4. The lowest BCUT2D eigenvalue weighted by molar-refractivity contribution is -0.113. The van der Waals surface area contributed by atoms with E-state index in [9.17, 15) is 4.79 Å². The molecule has 1 aliphatic rings. The summed E-state index contributed by atoms with van der Waals surface area (Å²) < 4.78 is 4.87. The molecule has 16 heavy (non-hydrogen) atoms. The van der Waals surface area contributed by atoms with Gasteiger partial charge >= 0.3 is 0 Å². The Morgan fingerprint density at radius 3 is 3.00 bits per heavy atom. The Hall–Kier alpha value is -0.970. The molecule has 0 atom stereocenters. The van der Waals surface area contributed by atoms with E-state index in [1.54, 1.807) is 24.8 Å². The number of carbonyl (C=O) groups excluding carboxylic acids is 1. The van der Waals surface area contributed by atoms with Gasteiger partial charge in [-0.25, -0.2) is 0 Å². The fraction of sp³-hybridized carbons (Fsp3) is 0.636. The van der Waals surface area contributed by atoms with Crippen LogP contribution in [0.2, 0.25) is 0 Å². The van der Waals surface area contributed by atoms with Gasteiger partial charge in [-0.1, -0.05) is 18.0 Å². The third-order valence-corrected chi connectivity index (χ3v) is 4.02. The first-order valence-corrected chi connectivity index (χ1v) is 6.63. The summed E-state index contributed by atoms with van der Waals surface area (Å²) in [5, 5.41) is 7.11. The maximum Gasteiger partial charge on any atom is 0.235 e. The van der Waals surface area contributed by atoms with Crippen molar-refractivity contribution in [3.8, 4) is 0 Å². The average molecular weight is 240 g/mol. The zero-order valence-electron chi connectivity index (χ0n) is 9.36. The largest absolute Gasteiger partial charge is 0.360 e. The van der Waals surface area contributed by atoms with Crippen LogP contribution in [-0.4, -0.2) is 22.1 Å². The SMILES string of the molecule is Cc1cc(NC(=O)CSC2CCCC2)no1. The topological polar surface area (TPSA) is 55.1 Å². The maximum absolute atomic E-state index is 11.6. The lowest BCUT2D eigenvalue weighted by Gasteiger charge is -2.07. The first-order chi connectivity index (χ1) is 7.74. The van der Waals surface area contributed by atoms with Gasteiger partial charge in [-0.05, 0) is 19.8 Å². The molecular formula is C11H16N2O2S. The quantitative estimate of drug-likeness (QED) is 0.879. The van der Waals surface area contributed by atoms with E-state index in [4.69, 9.17) is 4.52 Å². The van der Waals surface area contributed by atoms with Gasteiger partial charge < -0.3 is 9.84 Å². The molecule has 0 aromatic carbocycles. The predicted molar refractivity (Wildman–Crippen MR) is 64.6 cm³/mol. The van der Waals surface area contributed by atoms with Gasteiger partial charge in [0, 0.05) is 11.3 Å². The number of hydrogen-bond acceptors (Lipinski definition) is 4. The highest BCUT2D eigenvalue weighted by molar-refractivity contribution is 8.00. The molecule has 1 aromatic rings. The van der Waals surface area contributed by atoms with Crippen LogP contribution in [-0.2, 0) is 4.79 Å². The summed E-state index contributed by atoms with van der Waals surface area (Å²) in [5.41, 5.74) is 0. The van der Waals surface area contributed by atoms with Gasteiger partial charge in [-0.3, -0.25) is 4.79 Å². The molecule has 1 aliphatic carbocycles. The number of thioether (sulfide) groups is 1. The highest BCUT2D eigenvalue weighted by Crippen LogP contribution is 2.29. The van der Waals surface area contributed by atoms with Crippen LogP contribution in [0.3, 0.4) is 0 Å². The summed E-state index contributed by atoms with van der Waals surface area (Å²) in [7, 11) is 0. The van der Waals surface area contributed by atoms with E-state index in [0.717, 1.165) is 0 Å². The fourth-order valence-corrected chi connectivity index (χ4v) is 2.98. The Morgan fingerprint density at radius 1 is 1.62 bits per heavy atom.